The summed E-state index contributed by atoms with van der Waals surface area (Å²) in [6.45, 7) is 4.30. The third-order valence-corrected chi connectivity index (χ3v) is 7.95. The zero-order valence-corrected chi connectivity index (χ0v) is 23.6. The molecule has 2 aromatic carbocycles. The van der Waals surface area contributed by atoms with Gasteiger partial charge < -0.3 is 19.5 Å². The lowest BCUT2D eigenvalue weighted by molar-refractivity contribution is -0.0315. The Morgan fingerprint density at radius 2 is 2.03 bits per heavy atom. The summed E-state index contributed by atoms with van der Waals surface area (Å²) in [4.78, 5) is 23.1. The van der Waals surface area contributed by atoms with E-state index in [0.717, 1.165) is 40.3 Å². The number of hydrogen-bond acceptors (Lipinski definition) is 6. The number of aromatic nitrogens is 3. The number of halogens is 2. The van der Waals surface area contributed by atoms with Crippen molar-refractivity contribution in [1.82, 2.24) is 19.9 Å². The maximum atomic E-state index is 14.7. The molecule has 0 saturated carbocycles. The van der Waals surface area contributed by atoms with Crippen LogP contribution in [0.25, 0.3) is 11.0 Å². The molecule has 1 fully saturated rings. The van der Waals surface area contributed by atoms with E-state index >= 15 is 0 Å². The van der Waals surface area contributed by atoms with Crippen LogP contribution >= 0.6 is 15.9 Å². The number of carbonyl (C=O) groups is 1. The first kappa shape index (κ1) is 27.2. The highest BCUT2D eigenvalue weighted by atomic mass is 79.9. The van der Waals surface area contributed by atoms with Gasteiger partial charge in [0.15, 0.2) is 6.79 Å². The zero-order valence-electron chi connectivity index (χ0n) is 22.0. The van der Waals surface area contributed by atoms with Crippen LogP contribution in [-0.2, 0) is 9.47 Å². The molecule has 0 radical (unpaired) electrons. The Balaban J connectivity index is 1.68. The highest BCUT2D eigenvalue weighted by molar-refractivity contribution is 9.10. The number of carbonyl (C=O) groups excluding carboxylic acids is 1. The molecule has 0 spiro atoms. The van der Waals surface area contributed by atoms with Crippen molar-refractivity contribution in [3.05, 3.63) is 87.2 Å². The summed E-state index contributed by atoms with van der Waals surface area (Å²) in [5.74, 6) is -0.0272. The molecular weight excluding hydrogens is 567 g/mol. The van der Waals surface area contributed by atoms with E-state index in [1.54, 1.807) is 6.07 Å². The van der Waals surface area contributed by atoms with E-state index < -0.39 is 17.8 Å². The Morgan fingerprint density at radius 3 is 2.77 bits per heavy atom. The zero-order chi connectivity index (χ0) is 27.5. The molecule has 4 aromatic rings. The molecule has 0 aliphatic carbocycles. The first-order valence-electron chi connectivity index (χ1n) is 12.8. The number of imidazole rings is 1. The van der Waals surface area contributed by atoms with Crippen molar-refractivity contribution in [2.75, 3.05) is 20.5 Å². The lowest BCUT2D eigenvalue weighted by Crippen LogP contribution is -2.34. The average Bonchev–Trinajstić information content (AvgIpc) is 3.33. The minimum absolute atomic E-state index is 0.0475. The van der Waals surface area contributed by atoms with Crippen LogP contribution in [0.5, 0.6) is 5.75 Å². The summed E-state index contributed by atoms with van der Waals surface area (Å²) in [5, 5.41) is 3.08. The average molecular weight is 597 g/mol. The number of methoxy groups -OCH3 is 1. The highest BCUT2D eigenvalue weighted by Crippen LogP contribution is 2.36. The van der Waals surface area contributed by atoms with E-state index in [2.05, 4.69) is 26.2 Å². The Morgan fingerprint density at radius 1 is 1.21 bits per heavy atom. The SMILES string of the molecule is COCOc1ccc(F)cc1C(NC(=O)c1cc(C)c(Br)c(C)n1)c1nc2ccccc2n1C1CCCCO1. The Labute approximate surface area is 234 Å². The minimum atomic E-state index is -0.885. The molecule has 10 heteroatoms. The number of amides is 1. The number of nitrogens with zero attached hydrogens (tertiary/aromatic N) is 3. The van der Waals surface area contributed by atoms with Gasteiger partial charge in [-0.05, 0) is 91.0 Å². The van der Waals surface area contributed by atoms with Gasteiger partial charge in [-0.25, -0.2) is 14.4 Å². The maximum Gasteiger partial charge on any atom is 0.270 e. The van der Waals surface area contributed by atoms with Crippen molar-refractivity contribution in [3.63, 3.8) is 0 Å². The van der Waals surface area contributed by atoms with Crippen molar-refractivity contribution in [2.45, 2.75) is 45.4 Å². The molecule has 1 N–H and O–H groups in total. The largest absolute Gasteiger partial charge is 0.467 e. The maximum absolute atomic E-state index is 14.7. The van der Waals surface area contributed by atoms with Crippen LogP contribution in [0.15, 0.2) is 53.0 Å². The van der Waals surface area contributed by atoms with E-state index in [1.165, 1.54) is 25.3 Å². The van der Waals surface area contributed by atoms with Gasteiger partial charge in [0, 0.05) is 23.8 Å². The molecule has 1 aliphatic rings. The predicted octanol–water partition coefficient (Wildman–Crippen LogP) is 6.15. The van der Waals surface area contributed by atoms with Gasteiger partial charge >= 0.3 is 0 Å². The lowest BCUT2D eigenvalue weighted by Gasteiger charge is -2.29. The Bertz CT molecular complexity index is 1480. The minimum Gasteiger partial charge on any atom is -0.467 e. The fourth-order valence-corrected chi connectivity index (χ4v) is 5.12. The number of nitrogens with one attached hydrogen (secondary N) is 1. The summed E-state index contributed by atoms with van der Waals surface area (Å²) in [7, 11) is 1.51. The van der Waals surface area contributed by atoms with Crippen LogP contribution < -0.4 is 10.1 Å². The van der Waals surface area contributed by atoms with Crippen LogP contribution in [0.1, 0.15) is 64.7 Å². The summed E-state index contributed by atoms with van der Waals surface area (Å²) >= 11 is 3.51. The number of benzene rings is 2. The lowest BCUT2D eigenvalue weighted by atomic mass is 10.0. The molecule has 8 nitrogen and oxygen atoms in total. The molecular formula is C29H30BrFN4O4. The highest BCUT2D eigenvalue weighted by Gasteiger charge is 2.31. The smallest absolute Gasteiger partial charge is 0.270 e. The van der Waals surface area contributed by atoms with E-state index in [-0.39, 0.29) is 18.7 Å². The standard InChI is InChI=1S/C29H30BrFN4O4/c1-17-14-22(32-18(2)26(17)30)29(36)34-27(20-15-19(31)11-12-24(20)39-16-37-3)28-33-21-8-4-5-9-23(21)35(28)25-10-6-7-13-38-25/h4-5,8-9,11-12,14-15,25,27H,6-7,10,13,16H2,1-3H3,(H,34,36). The van der Waals surface area contributed by atoms with Crippen LogP contribution in [0.3, 0.4) is 0 Å². The third-order valence-electron chi connectivity index (χ3n) is 6.75. The third kappa shape index (κ3) is 5.68. The first-order chi connectivity index (χ1) is 18.9. The fraction of sp³-hybridized carbons (Fsp3) is 0.345. The first-order valence-corrected chi connectivity index (χ1v) is 13.6. The van der Waals surface area contributed by atoms with Gasteiger partial charge in [-0.15, -0.1) is 0 Å². The van der Waals surface area contributed by atoms with E-state index in [9.17, 15) is 9.18 Å². The van der Waals surface area contributed by atoms with Gasteiger partial charge in [0.05, 0.1) is 16.7 Å². The van der Waals surface area contributed by atoms with Crippen molar-refractivity contribution in [1.29, 1.82) is 0 Å². The van der Waals surface area contributed by atoms with Gasteiger partial charge in [0.25, 0.3) is 5.91 Å². The van der Waals surface area contributed by atoms with Crippen molar-refractivity contribution < 1.29 is 23.4 Å². The predicted molar refractivity (Wildman–Crippen MR) is 148 cm³/mol. The Hall–Kier alpha value is -3.34. The molecule has 1 amide bonds. The van der Waals surface area contributed by atoms with Crippen molar-refractivity contribution >= 4 is 32.9 Å². The molecule has 5 rings (SSSR count). The molecule has 1 aliphatic heterocycles. The summed E-state index contributed by atoms with van der Waals surface area (Å²) < 4.78 is 34.7. The molecule has 2 atom stereocenters. The van der Waals surface area contributed by atoms with Gasteiger partial charge in [-0.3, -0.25) is 9.36 Å². The molecule has 3 heterocycles. The molecule has 0 bridgehead atoms. The topological polar surface area (TPSA) is 87.5 Å². The van der Waals surface area contributed by atoms with Crippen molar-refractivity contribution in [3.8, 4) is 5.75 Å². The van der Waals surface area contributed by atoms with Gasteiger partial charge in [-0.2, -0.15) is 0 Å². The van der Waals surface area contributed by atoms with Gasteiger partial charge in [0.1, 0.15) is 35.4 Å². The van der Waals surface area contributed by atoms with Crippen LogP contribution in [0.2, 0.25) is 0 Å². The second kappa shape index (κ2) is 11.8. The van der Waals surface area contributed by atoms with E-state index in [4.69, 9.17) is 19.2 Å². The quantitative estimate of drug-likeness (QED) is 0.245. The number of fused-ring (bicyclic) bond motifs is 1. The molecule has 39 heavy (non-hydrogen) atoms. The summed E-state index contributed by atoms with van der Waals surface area (Å²) in [6, 6.07) is 12.7. The monoisotopic (exact) mass is 596 g/mol. The van der Waals surface area contributed by atoms with Gasteiger partial charge in [0.2, 0.25) is 0 Å². The number of hydrogen-bond donors (Lipinski definition) is 1. The molecule has 204 valence electrons. The van der Waals surface area contributed by atoms with Crippen LogP contribution in [0, 0.1) is 19.7 Å². The summed E-state index contributed by atoms with van der Waals surface area (Å²) in [6.07, 6.45) is 2.48. The number of para-hydroxylation sites is 2. The summed E-state index contributed by atoms with van der Waals surface area (Å²) in [5.41, 5.74) is 3.81. The second-order valence-electron chi connectivity index (χ2n) is 9.51. The second-order valence-corrected chi connectivity index (χ2v) is 10.3. The van der Waals surface area contributed by atoms with Crippen LogP contribution in [-0.4, -0.2) is 41.0 Å². The number of aryl methyl sites for hydroxylation is 2. The molecule has 2 aromatic heterocycles. The van der Waals surface area contributed by atoms with Crippen LogP contribution in [0.4, 0.5) is 4.39 Å². The molecule has 1 saturated heterocycles. The fourth-order valence-electron chi connectivity index (χ4n) is 4.91. The Kier molecular flexibility index (Phi) is 8.25. The van der Waals surface area contributed by atoms with E-state index in [0.29, 0.717) is 29.4 Å². The number of rotatable bonds is 8. The normalized spacial score (nSPS) is 16.3. The number of ether oxygens (including phenoxy) is 3. The van der Waals surface area contributed by atoms with Crippen molar-refractivity contribution in [2.24, 2.45) is 0 Å². The van der Waals surface area contributed by atoms with Gasteiger partial charge in [-0.1, -0.05) is 12.1 Å². The van der Waals surface area contributed by atoms with E-state index in [1.807, 2.05) is 42.7 Å². The molecule has 2 unspecified atom stereocenters. The number of pyridine rings is 1.